The number of amides is 1. The van der Waals surface area contributed by atoms with Crippen LogP contribution in [-0.2, 0) is 19.1 Å². The fourth-order valence-corrected chi connectivity index (χ4v) is 4.62. The highest BCUT2D eigenvalue weighted by molar-refractivity contribution is 7.08. The highest BCUT2D eigenvalue weighted by Gasteiger charge is 2.66. The Morgan fingerprint density at radius 1 is 1.44 bits per heavy atom. The molecule has 2 aliphatic heterocycles. The molecule has 8 heteroatoms. The molecule has 140 valence electrons. The summed E-state index contributed by atoms with van der Waals surface area (Å²) in [5.74, 6) is -2.38. The van der Waals surface area contributed by atoms with Crippen LogP contribution >= 0.6 is 11.3 Å². The number of rotatable bonds is 5. The van der Waals surface area contributed by atoms with Crippen LogP contribution in [0.3, 0.4) is 0 Å². The fourth-order valence-electron chi connectivity index (χ4n) is 3.92. The lowest BCUT2D eigenvalue weighted by molar-refractivity contribution is -0.153. The van der Waals surface area contributed by atoms with E-state index in [9.17, 15) is 19.6 Å². The SMILES string of the molecule is CCOC(=O)[C@]1(C#N)[C@H](c2ccsc2)[C@H](C(N)=O)N2C=C(C(C)=O)C=C[C@H]21. The minimum atomic E-state index is -1.66. The number of nitrogens with zero attached hydrogens (tertiary/aromatic N) is 2. The summed E-state index contributed by atoms with van der Waals surface area (Å²) in [7, 11) is 0. The van der Waals surface area contributed by atoms with Crippen molar-refractivity contribution in [3.63, 3.8) is 0 Å². The van der Waals surface area contributed by atoms with Gasteiger partial charge in [0, 0.05) is 17.7 Å². The third kappa shape index (κ3) is 2.75. The molecule has 0 spiro atoms. The van der Waals surface area contributed by atoms with Gasteiger partial charge in [0.15, 0.2) is 11.2 Å². The van der Waals surface area contributed by atoms with Crippen LogP contribution in [0.5, 0.6) is 0 Å². The number of allylic oxidation sites excluding steroid dienone is 2. The molecule has 0 radical (unpaired) electrons. The first-order chi connectivity index (χ1) is 12.9. The van der Waals surface area contributed by atoms with Crippen molar-refractivity contribution < 1.29 is 19.1 Å². The number of fused-ring (bicyclic) bond motifs is 1. The number of thiophene rings is 1. The number of nitriles is 1. The number of carbonyl (C=O) groups is 3. The van der Waals surface area contributed by atoms with Crippen molar-refractivity contribution >= 4 is 29.0 Å². The maximum Gasteiger partial charge on any atom is 0.329 e. The summed E-state index contributed by atoms with van der Waals surface area (Å²) in [5, 5.41) is 13.8. The van der Waals surface area contributed by atoms with Crippen LogP contribution in [0.2, 0.25) is 0 Å². The molecule has 3 heterocycles. The summed E-state index contributed by atoms with van der Waals surface area (Å²) in [6.07, 6.45) is 4.70. The highest BCUT2D eigenvalue weighted by atomic mass is 32.1. The van der Waals surface area contributed by atoms with Crippen LogP contribution in [0.15, 0.2) is 40.8 Å². The second kappa shape index (κ2) is 7.00. The van der Waals surface area contributed by atoms with E-state index in [0.29, 0.717) is 11.1 Å². The Bertz CT molecular complexity index is 883. The van der Waals surface area contributed by atoms with Crippen LogP contribution in [0, 0.1) is 16.7 Å². The van der Waals surface area contributed by atoms with Crippen LogP contribution in [0.25, 0.3) is 0 Å². The van der Waals surface area contributed by atoms with Crippen LogP contribution in [-0.4, -0.2) is 41.3 Å². The smallest absolute Gasteiger partial charge is 0.329 e. The molecule has 1 fully saturated rings. The molecule has 0 aromatic carbocycles. The molecule has 0 aliphatic carbocycles. The number of esters is 1. The summed E-state index contributed by atoms with van der Waals surface area (Å²) in [6, 6.07) is 2.18. The Morgan fingerprint density at radius 3 is 2.70 bits per heavy atom. The van der Waals surface area contributed by atoms with Gasteiger partial charge in [0.2, 0.25) is 5.91 Å². The summed E-state index contributed by atoms with van der Waals surface area (Å²) < 4.78 is 5.24. The van der Waals surface area contributed by atoms with E-state index < -0.39 is 35.3 Å². The molecule has 27 heavy (non-hydrogen) atoms. The standard InChI is InChI=1S/C19H19N3O4S/c1-3-26-18(25)19(10-20)14-5-4-12(11(2)23)8-22(14)16(17(21)24)15(19)13-6-7-27-9-13/h4-9,14-16H,3H2,1-2H3,(H2,21,24)/t14-,15+,16+,19-/m0/s1. The molecule has 1 saturated heterocycles. The number of carbonyl (C=O) groups excluding carboxylic acids is 3. The normalized spacial score (nSPS) is 28.9. The molecule has 1 aromatic rings. The van der Waals surface area contributed by atoms with Crippen LogP contribution in [0.4, 0.5) is 0 Å². The largest absolute Gasteiger partial charge is 0.465 e. The first-order valence-corrected chi connectivity index (χ1v) is 9.41. The molecule has 0 unspecified atom stereocenters. The highest BCUT2D eigenvalue weighted by Crippen LogP contribution is 2.54. The number of hydrogen-bond donors (Lipinski definition) is 1. The molecular weight excluding hydrogens is 366 g/mol. The predicted octanol–water partition coefficient (Wildman–Crippen LogP) is 1.49. The Labute approximate surface area is 160 Å². The number of hydrogen-bond acceptors (Lipinski definition) is 7. The quantitative estimate of drug-likeness (QED) is 0.768. The predicted molar refractivity (Wildman–Crippen MR) is 98.3 cm³/mol. The maximum atomic E-state index is 13.0. The van der Waals surface area contributed by atoms with Gasteiger partial charge in [-0.05, 0) is 36.2 Å². The molecule has 1 aromatic heterocycles. The van der Waals surface area contributed by atoms with Gasteiger partial charge in [-0.1, -0.05) is 12.2 Å². The molecule has 7 nitrogen and oxygen atoms in total. The molecule has 0 saturated carbocycles. The first kappa shape index (κ1) is 18.9. The van der Waals surface area contributed by atoms with E-state index in [4.69, 9.17) is 10.5 Å². The Kier molecular flexibility index (Phi) is 4.89. The summed E-state index contributed by atoms with van der Waals surface area (Å²) in [5.41, 5.74) is 5.08. The van der Waals surface area contributed by atoms with Crippen molar-refractivity contribution in [2.24, 2.45) is 11.1 Å². The van der Waals surface area contributed by atoms with E-state index >= 15 is 0 Å². The zero-order valence-corrected chi connectivity index (χ0v) is 15.7. The van der Waals surface area contributed by atoms with E-state index in [0.717, 1.165) is 0 Å². The van der Waals surface area contributed by atoms with E-state index in [1.165, 1.54) is 24.5 Å². The lowest BCUT2D eigenvalue weighted by Gasteiger charge is -2.32. The van der Waals surface area contributed by atoms with Gasteiger partial charge < -0.3 is 15.4 Å². The van der Waals surface area contributed by atoms with E-state index in [1.807, 2.05) is 5.38 Å². The fraction of sp³-hybridized carbons (Fsp3) is 0.368. The monoisotopic (exact) mass is 385 g/mol. The minimum absolute atomic E-state index is 0.102. The maximum absolute atomic E-state index is 13.0. The van der Waals surface area contributed by atoms with E-state index in [2.05, 4.69) is 6.07 Å². The lowest BCUT2D eigenvalue weighted by Crippen LogP contribution is -2.45. The van der Waals surface area contributed by atoms with Gasteiger partial charge in [0.1, 0.15) is 6.04 Å². The van der Waals surface area contributed by atoms with Crippen LogP contribution < -0.4 is 5.73 Å². The second-order valence-corrected chi connectivity index (χ2v) is 7.25. The Hall–Kier alpha value is -2.92. The molecule has 0 bridgehead atoms. The van der Waals surface area contributed by atoms with E-state index in [1.54, 1.807) is 35.4 Å². The topological polar surface area (TPSA) is 113 Å². The molecule has 2 aliphatic rings. The number of primary amides is 1. The third-order valence-corrected chi connectivity index (χ3v) is 5.76. The molecule has 1 amide bonds. The van der Waals surface area contributed by atoms with Crippen molar-refractivity contribution in [1.82, 2.24) is 4.90 Å². The van der Waals surface area contributed by atoms with E-state index in [-0.39, 0.29) is 12.4 Å². The number of Topliss-reactive ketones (excluding diaryl/α,β-unsaturated/α-hetero) is 1. The average Bonchev–Trinajstić information content (AvgIpc) is 3.25. The Balaban J connectivity index is 2.26. The zero-order chi connectivity index (χ0) is 19.8. The minimum Gasteiger partial charge on any atom is -0.465 e. The summed E-state index contributed by atoms with van der Waals surface area (Å²) in [6.45, 7) is 3.17. The molecular formula is C19H19N3O4S. The summed E-state index contributed by atoms with van der Waals surface area (Å²) >= 11 is 1.40. The van der Waals surface area contributed by atoms with Gasteiger partial charge in [-0.2, -0.15) is 16.6 Å². The van der Waals surface area contributed by atoms with Crippen molar-refractivity contribution in [2.45, 2.75) is 31.8 Å². The van der Waals surface area contributed by atoms with Gasteiger partial charge in [-0.3, -0.25) is 14.4 Å². The summed E-state index contributed by atoms with van der Waals surface area (Å²) in [4.78, 5) is 38.8. The molecule has 2 N–H and O–H groups in total. The zero-order valence-electron chi connectivity index (χ0n) is 14.9. The lowest BCUT2D eigenvalue weighted by atomic mass is 9.69. The van der Waals surface area contributed by atoms with Crippen molar-refractivity contribution in [3.8, 4) is 6.07 Å². The van der Waals surface area contributed by atoms with Gasteiger partial charge in [-0.25, -0.2) is 0 Å². The third-order valence-electron chi connectivity index (χ3n) is 5.06. The number of nitrogens with two attached hydrogens (primary N) is 1. The van der Waals surface area contributed by atoms with Crippen molar-refractivity contribution in [3.05, 3.63) is 46.3 Å². The average molecular weight is 385 g/mol. The molecule has 4 atom stereocenters. The second-order valence-electron chi connectivity index (χ2n) is 6.47. The molecule has 3 rings (SSSR count). The van der Waals surface area contributed by atoms with Crippen molar-refractivity contribution in [2.75, 3.05) is 6.61 Å². The number of ether oxygens (including phenoxy) is 1. The van der Waals surface area contributed by atoms with Crippen molar-refractivity contribution in [1.29, 1.82) is 5.26 Å². The number of ketones is 1. The first-order valence-electron chi connectivity index (χ1n) is 8.46. The van der Waals surface area contributed by atoms with Gasteiger partial charge in [0.05, 0.1) is 18.7 Å². The Morgan fingerprint density at radius 2 is 2.19 bits per heavy atom. The van der Waals surface area contributed by atoms with Gasteiger partial charge in [-0.15, -0.1) is 0 Å². The van der Waals surface area contributed by atoms with Gasteiger partial charge in [0.25, 0.3) is 0 Å². The van der Waals surface area contributed by atoms with Gasteiger partial charge >= 0.3 is 5.97 Å². The van der Waals surface area contributed by atoms with Crippen LogP contribution in [0.1, 0.15) is 25.3 Å².